The van der Waals surface area contributed by atoms with Gasteiger partial charge >= 0.3 is 0 Å². The molecule has 0 saturated heterocycles. The van der Waals surface area contributed by atoms with Crippen molar-refractivity contribution >= 4 is 5.82 Å². The Hall–Kier alpha value is -1.03. The molecule has 4 nitrogen and oxygen atoms in total. The molecule has 2 N–H and O–H groups in total. The molecule has 0 aliphatic carbocycles. The summed E-state index contributed by atoms with van der Waals surface area (Å²) in [5.74, 6) is 0.574. The molecule has 1 aromatic heterocycles. The molecule has 0 aromatic carbocycles. The molecule has 1 heterocycles. The molecule has 0 amide bonds. The summed E-state index contributed by atoms with van der Waals surface area (Å²) in [5, 5.41) is 4.10. The normalized spacial score (nSPS) is 11.9. The van der Waals surface area contributed by atoms with Crippen LogP contribution in [0.3, 0.4) is 0 Å². The number of ether oxygens (including phenoxy) is 1. The van der Waals surface area contributed by atoms with E-state index in [0.717, 1.165) is 26.0 Å². The van der Waals surface area contributed by atoms with Crippen molar-refractivity contribution in [2.24, 2.45) is 0 Å². The van der Waals surface area contributed by atoms with Crippen LogP contribution in [0.25, 0.3) is 0 Å². The Kier molecular flexibility index (Phi) is 4.15. The smallest absolute Gasteiger partial charge is 0.145 e. The molecule has 0 radical (unpaired) electrons. The van der Waals surface area contributed by atoms with Crippen molar-refractivity contribution in [3.63, 3.8) is 0 Å². The number of nitrogens with two attached hydrogens (primary N) is 1. The number of hydrogen-bond donors (Lipinski definition) is 1. The lowest BCUT2D eigenvalue weighted by atomic mass is 10.1. The molecule has 0 aliphatic rings. The zero-order chi connectivity index (χ0) is 11.3. The molecule has 4 heteroatoms. The van der Waals surface area contributed by atoms with Gasteiger partial charge in [0.1, 0.15) is 5.82 Å². The fraction of sp³-hybridized carbons (Fsp3) is 0.727. The Bertz CT molecular complexity index is 294. The number of anilines is 1. The standard InChI is InChI=1S/C11H21N3O/c1-4-11(2,3)15-9-5-7-14-8-6-10(12)13-14/h6,8H,4-5,7,9H2,1-3H3,(H2,12,13). The van der Waals surface area contributed by atoms with Gasteiger partial charge in [-0.25, -0.2) is 0 Å². The van der Waals surface area contributed by atoms with Gasteiger partial charge in [0.25, 0.3) is 0 Å². The minimum Gasteiger partial charge on any atom is -0.382 e. The molecule has 15 heavy (non-hydrogen) atoms. The van der Waals surface area contributed by atoms with Crippen LogP contribution in [0, 0.1) is 0 Å². The molecule has 1 aromatic rings. The number of hydrogen-bond acceptors (Lipinski definition) is 3. The minimum absolute atomic E-state index is 0.0108. The second kappa shape index (κ2) is 5.16. The Morgan fingerprint density at radius 3 is 2.80 bits per heavy atom. The van der Waals surface area contributed by atoms with Crippen molar-refractivity contribution in [3.05, 3.63) is 12.3 Å². The van der Waals surface area contributed by atoms with Crippen LogP contribution in [0.1, 0.15) is 33.6 Å². The van der Waals surface area contributed by atoms with E-state index in [2.05, 4.69) is 25.9 Å². The summed E-state index contributed by atoms with van der Waals surface area (Å²) in [4.78, 5) is 0. The van der Waals surface area contributed by atoms with Crippen molar-refractivity contribution in [2.75, 3.05) is 12.3 Å². The predicted molar refractivity (Wildman–Crippen MR) is 61.6 cm³/mol. The van der Waals surface area contributed by atoms with Crippen molar-refractivity contribution in [3.8, 4) is 0 Å². The largest absolute Gasteiger partial charge is 0.382 e. The molecule has 0 fully saturated rings. The van der Waals surface area contributed by atoms with E-state index in [9.17, 15) is 0 Å². The molecular formula is C11H21N3O. The van der Waals surface area contributed by atoms with Gasteiger partial charge in [-0.15, -0.1) is 0 Å². The molecule has 0 atom stereocenters. The van der Waals surface area contributed by atoms with E-state index in [4.69, 9.17) is 10.5 Å². The third-order valence-corrected chi connectivity index (χ3v) is 2.54. The Balaban J connectivity index is 2.17. The first-order valence-corrected chi connectivity index (χ1v) is 5.46. The van der Waals surface area contributed by atoms with Crippen molar-refractivity contribution in [1.29, 1.82) is 0 Å². The van der Waals surface area contributed by atoms with Crippen molar-refractivity contribution in [2.45, 2.75) is 45.8 Å². The zero-order valence-electron chi connectivity index (χ0n) is 9.86. The van der Waals surface area contributed by atoms with Gasteiger partial charge in [0.15, 0.2) is 0 Å². The third kappa shape index (κ3) is 4.34. The number of nitrogens with zero attached hydrogens (tertiary/aromatic N) is 2. The Morgan fingerprint density at radius 2 is 2.27 bits per heavy atom. The van der Waals surface area contributed by atoms with E-state index >= 15 is 0 Å². The first-order valence-electron chi connectivity index (χ1n) is 5.46. The van der Waals surface area contributed by atoms with Gasteiger partial charge in [-0.2, -0.15) is 5.10 Å². The van der Waals surface area contributed by atoms with E-state index < -0.39 is 0 Å². The highest BCUT2D eigenvalue weighted by Gasteiger charge is 2.14. The lowest BCUT2D eigenvalue weighted by Crippen LogP contribution is -2.24. The van der Waals surface area contributed by atoms with Gasteiger partial charge in [0.2, 0.25) is 0 Å². The van der Waals surface area contributed by atoms with E-state index in [1.54, 1.807) is 6.07 Å². The van der Waals surface area contributed by atoms with Crippen LogP contribution in [0.5, 0.6) is 0 Å². The summed E-state index contributed by atoms with van der Waals surface area (Å²) in [6.07, 6.45) is 3.88. The van der Waals surface area contributed by atoms with E-state index in [0.29, 0.717) is 5.82 Å². The van der Waals surface area contributed by atoms with Crippen LogP contribution in [0.2, 0.25) is 0 Å². The maximum atomic E-state index is 5.73. The fourth-order valence-corrected chi connectivity index (χ4v) is 1.18. The van der Waals surface area contributed by atoms with E-state index in [1.165, 1.54) is 0 Å². The average molecular weight is 211 g/mol. The monoisotopic (exact) mass is 211 g/mol. The zero-order valence-corrected chi connectivity index (χ0v) is 9.86. The van der Waals surface area contributed by atoms with Crippen LogP contribution in [0.4, 0.5) is 5.82 Å². The molecule has 0 bridgehead atoms. The third-order valence-electron chi connectivity index (χ3n) is 2.54. The van der Waals surface area contributed by atoms with E-state index in [1.807, 2.05) is 10.9 Å². The van der Waals surface area contributed by atoms with Crippen molar-refractivity contribution in [1.82, 2.24) is 9.78 Å². The Morgan fingerprint density at radius 1 is 1.53 bits per heavy atom. The lowest BCUT2D eigenvalue weighted by molar-refractivity contribution is -0.0223. The number of nitrogen functional groups attached to an aromatic ring is 1. The lowest BCUT2D eigenvalue weighted by Gasteiger charge is -2.23. The highest BCUT2D eigenvalue weighted by molar-refractivity contribution is 5.23. The van der Waals surface area contributed by atoms with Crippen LogP contribution in [0.15, 0.2) is 12.3 Å². The summed E-state index contributed by atoms with van der Waals surface area (Å²) in [5.41, 5.74) is 5.50. The summed E-state index contributed by atoms with van der Waals surface area (Å²) < 4.78 is 7.58. The van der Waals surface area contributed by atoms with Crippen LogP contribution < -0.4 is 5.73 Å². The number of aromatic nitrogens is 2. The van der Waals surface area contributed by atoms with Gasteiger partial charge in [-0.1, -0.05) is 6.92 Å². The molecular weight excluding hydrogens is 190 g/mol. The topological polar surface area (TPSA) is 53.1 Å². The summed E-state index contributed by atoms with van der Waals surface area (Å²) in [6, 6.07) is 1.80. The molecule has 0 aliphatic heterocycles. The first-order chi connectivity index (χ1) is 7.03. The maximum Gasteiger partial charge on any atom is 0.145 e. The summed E-state index contributed by atoms with van der Waals surface area (Å²) in [7, 11) is 0. The highest BCUT2D eigenvalue weighted by atomic mass is 16.5. The number of rotatable bonds is 6. The van der Waals surface area contributed by atoms with Gasteiger partial charge in [-0.05, 0) is 32.8 Å². The van der Waals surface area contributed by atoms with Crippen LogP contribution in [-0.4, -0.2) is 22.0 Å². The van der Waals surface area contributed by atoms with Crippen LogP contribution in [-0.2, 0) is 11.3 Å². The van der Waals surface area contributed by atoms with Gasteiger partial charge in [0, 0.05) is 19.3 Å². The minimum atomic E-state index is -0.0108. The first kappa shape index (κ1) is 12.0. The fourth-order valence-electron chi connectivity index (χ4n) is 1.18. The van der Waals surface area contributed by atoms with Gasteiger partial charge in [-0.3, -0.25) is 4.68 Å². The molecule has 0 saturated carbocycles. The second-order valence-electron chi connectivity index (χ2n) is 4.32. The maximum absolute atomic E-state index is 5.73. The number of aryl methyl sites for hydroxylation is 1. The summed E-state index contributed by atoms with van der Waals surface area (Å²) in [6.45, 7) is 7.98. The van der Waals surface area contributed by atoms with E-state index in [-0.39, 0.29) is 5.60 Å². The predicted octanol–water partition coefficient (Wildman–Crippen LogP) is 2.06. The average Bonchev–Trinajstić information content (AvgIpc) is 2.59. The van der Waals surface area contributed by atoms with Gasteiger partial charge < -0.3 is 10.5 Å². The molecule has 1 rings (SSSR count). The second-order valence-corrected chi connectivity index (χ2v) is 4.32. The summed E-state index contributed by atoms with van der Waals surface area (Å²) >= 11 is 0. The van der Waals surface area contributed by atoms with Crippen molar-refractivity contribution < 1.29 is 4.74 Å². The molecule has 86 valence electrons. The Labute approximate surface area is 91.4 Å². The quantitative estimate of drug-likeness (QED) is 0.733. The van der Waals surface area contributed by atoms with Gasteiger partial charge in [0.05, 0.1) is 5.60 Å². The molecule has 0 spiro atoms. The SMILES string of the molecule is CCC(C)(C)OCCCn1ccc(N)n1. The highest BCUT2D eigenvalue weighted by Crippen LogP contribution is 2.13. The van der Waals surface area contributed by atoms with Crippen LogP contribution >= 0.6 is 0 Å². The molecule has 0 unspecified atom stereocenters.